The molecule has 0 spiro atoms. The summed E-state index contributed by atoms with van der Waals surface area (Å²) in [5.41, 5.74) is 2.51. The van der Waals surface area contributed by atoms with Crippen molar-refractivity contribution >= 4 is 0 Å². The van der Waals surface area contributed by atoms with Crippen molar-refractivity contribution in [3.8, 4) is 0 Å². The molecular weight excluding hydrogens is 127 g/mol. The summed E-state index contributed by atoms with van der Waals surface area (Å²) < 4.78 is 12.6. The van der Waals surface area contributed by atoms with E-state index in [1.165, 1.54) is 17.2 Å². The third-order valence-electron chi connectivity index (χ3n) is 2.16. The van der Waals surface area contributed by atoms with Gasteiger partial charge in [0.25, 0.3) is 0 Å². The minimum Gasteiger partial charge on any atom is -0.207 e. The fourth-order valence-corrected chi connectivity index (χ4v) is 1.52. The van der Waals surface area contributed by atoms with E-state index in [9.17, 15) is 4.39 Å². The fraction of sp³-hybridized carbons (Fsp3) is 0.333. The lowest BCUT2D eigenvalue weighted by atomic mass is 9.79. The molecule has 0 amide bonds. The third-order valence-corrected chi connectivity index (χ3v) is 2.16. The summed E-state index contributed by atoms with van der Waals surface area (Å²) in [6.07, 6.45) is 1.12. The molecule has 1 aliphatic rings. The van der Waals surface area contributed by atoms with E-state index in [1.54, 1.807) is 6.07 Å². The van der Waals surface area contributed by atoms with Gasteiger partial charge in [-0.2, -0.15) is 0 Å². The molecule has 0 bridgehead atoms. The summed E-state index contributed by atoms with van der Waals surface area (Å²) in [4.78, 5) is 0. The van der Waals surface area contributed by atoms with Gasteiger partial charge in [-0.1, -0.05) is 13.0 Å². The maximum atomic E-state index is 12.6. The molecule has 1 aromatic carbocycles. The maximum Gasteiger partial charge on any atom is 0.123 e. The van der Waals surface area contributed by atoms with Gasteiger partial charge in [-0.25, -0.2) is 4.39 Å². The maximum absolute atomic E-state index is 12.6. The monoisotopic (exact) mass is 136 g/mol. The second-order valence-corrected chi connectivity index (χ2v) is 2.95. The van der Waals surface area contributed by atoms with E-state index in [0.717, 1.165) is 6.42 Å². The number of hydrogen-bond donors (Lipinski definition) is 0. The van der Waals surface area contributed by atoms with Crippen LogP contribution in [0.4, 0.5) is 4.39 Å². The first kappa shape index (κ1) is 5.90. The SMILES string of the molecule is C[C@@H]1Cc2ccc(F)cc21. The van der Waals surface area contributed by atoms with Crippen LogP contribution in [0.2, 0.25) is 0 Å². The zero-order valence-corrected chi connectivity index (χ0v) is 5.89. The highest BCUT2D eigenvalue weighted by atomic mass is 19.1. The van der Waals surface area contributed by atoms with Crippen LogP contribution < -0.4 is 0 Å². The summed E-state index contributed by atoms with van der Waals surface area (Å²) in [5.74, 6) is 0.469. The Morgan fingerprint density at radius 2 is 2.30 bits per heavy atom. The third kappa shape index (κ3) is 0.666. The van der Waals surface area contributed by atoms with Gasteiger partial charge in [0.05, 0.1) is 0 Å². The van der Waals surface area contributed by atoms with Gasteiger partial charge in [0.15, 0.2) is 0 Å². The summed E-state index contributed by atoms with van der Waals surface area (Å²) in [5, 5.41) is 0. The van der Waals surface area contributed by atoms with E-state index >= 15 is 0 Å². The largest absolute Gasteiger partial charge is 0.207 e. The van der Waals surface area contributed by atoms with Crippen molar-refractivity contribution in [3.05, 3.63) is 35.1 Å². The van der Waals surface area contributed by atoms with Crippen molar-refractivity contribution in [1.82, 2.24) is 0 Å². The van der Waals surface area contributed by atoms with Crippen LogP contribution in [0.15, 0.2) is 18.2 Å². The molecule has 0 saturated heterocycles. The lowest BCUT2D eigenvalue weighted by Crippen LogP contribution is -2.13. The van der Waals surface area contributed by atoms with Gasteiger partial charge < -0.3 is 0 Å². The van der Waals surface area contributed by atoms with Gasteiger partial charge in [-0.3, -0.25) is 0 Å². The Morgan fingerprint density at radius 1 is 1.50 bits per heavy atom. The summed E-state index contributed by atoms with van der Waals surface area (Å²) in [7, 11) is 0. The quantitative estimate of drug-likeness (QED) is 0.514. The molecule has 0 radical (unpaired) electrons. The second kappa shape index (κ2) is 1.82. The first-order chi connectivity index (χ1) is 4.77. The molecule has 10 heavy (non-hydrogen) atoms. The zero-order valence-electron chi connectivity index (χ0n) is 5.89. The number of halogens is 1. The first-order valence-corrected chi connectivity index (χ1v) is 3.55. The van der Waals surface area contributed by atoms with Gasteiger partial charge in [0.2, 0.25) is 0 Å². The number of rotatable bonds is 0. The van der Waals surface area contributed by atoms with Crippen LogP contribution >= 0.6 is 0 Å². The Hall–Kier alpha value is -0.850. The zero-order chi connectivity index (χ0) is 7.14. The molecule has 1 aromatic rings. The molecule has 2 rings (SSSR count). The standard InChI is InChI=1S/C9H9F/c1-6-4-7-2-3-8(10)5-9(6)7/h2-3,5-6H,4H2,1H3/t6-/m1/s1. The highest BCUT2D eigenvalue weighted by Crippen LogP contribution is 2.34. The van der Waals surface area contributed by atoms with Crippen LogP contribution in [-0.2, 0) is 6.42 Å². The van der Waals surface area contributed by atoms with Crippen molar-refractivity contribution in [2.24, 2.45) is 0 Å². The van der Waals surface area contributed by atoms with E-state index in [0.29, 0.717) is 5.92 Å². The predicted molar refractivity (Wildman–Crippen MR) is 38.5 cm³/mol. The van der Waals surface area contributed by atoms with Crippen LogP contribution in [0.1, 0.15) is 24.0 Å². The minimum atomic E-state index is -0.106. The van der Waals surface area contributed by atoms with Crippen LogP contribution in [0.5, 0.6) is 0 Å². The van der Waals surface area contributed by atoms with E-state index in [1.807, 2.05) is 6.07 Å². The van der Waals surface area contributed by atoms with E-state index < -0.39 is 0 Å². The van der Waals surface area contributed by atoms with Gasteiger partial charge in [0.1, 0.15) is 5.82 Å². The molecular formula is C9H9F. The first-order valence-electron chi connectivity index (χ1n) is 3.55. The Kier molecular flexibility index (Phi) is 1.07. The van der Waals surface area contributed by atoms with E-state index in [4.69, 9.17) is 0 Å². The lowest BCUT2D eigenvalue weighted by molar-refractivity contribution is 0.601. The Labute approximate surface area is 59.7 Å². The highest BCUT2D eigenvalue weighted by molar-refractivity contribution is 5.39. The lowest BCUT2D eigenvalue weighted by Gasteiger charge is -2.26. The Bertz CT molecular complexity index is 265. The van der Waals surface area contributed by atoms with Crippen LogP contribution in [-0.4, -0.2) is 0 Å². The number of fused-ring (bicyclic) bond motifs is 1. The van der Waals surface area contributed by atoms with Crippen molar-refractivity contribution in [2.75, 3.05) is 0 Å². The molecule has 1 atom stereocenters. The van der Waals surface area contributed by atoms with Crippen molar-refractivity contribution in [2.45, 2.75) is 19.3 Å². The molecule has 0 nitrogen and oxygen atoms in total. The van der Waals surface area contributed by atoms with Crippen LogP contribution in [0.25, 0.3) is 0 Å². The molecule has 1 heteroatoms. The van der Waals surface area contributed by atoms with E-state index in [2.05, 4.69) is 6.92 Å². The van der Waals surface area contributed by atoms with Crippen molar-refractivity contribution < 1.29 is 4.39 Å². The Morgan fingerprint density at radius 3 is 2.90 bits per heavy atom. The van der Waals surface area contributed by atoms with Crippen molar-refractivity contribution in [3.63, 3.8) is 0 Å². The molecule has 1 aliphatic carbocycles. The van der Waals surface area contributed by atoms with Gasteiger partial charge in [-0.15, -0.1) is 0 Å². The fourth-order valence-electron chi connectivity index (χ4n) is 1.52. The average Bonchev–Trinajstić information content (AvgIpc) is 1.92. The van der Waals surface area contributed by atoms with Gasteiger partial charge in [-0.05, 0) is 35.6 Å². The molecule has 52 valence electrons. The highest BCUT2D eigenvalue weighted by Gasteiger charge is 2.21. The molecule has 0 fully saturated rings. The average molecular weight is 136 g/mol. The second-order valence-electron chi connectivity index (χ2n) is 2.95. The summed E-state index contributed by atoms with van der Waals surface area (Å²) >= 11 is 0. The van der Waals surface area contributed by atoms with Crippen LogP contribution in [0.3, 0.4) is 0 Å². The topological polar surface area (TPSA) is 0 Å². The molecule has 0 aliphatic heterocycles. The van der Waals surface area contributed by atoms with Gasteiger partial charge in [0, 0.05) is 0 Å². The number of benzene rings is 1. The minimum absolute atomic E-state index is 0.106. The number of hydrogen-bond acceptors (Lipinski definition) is 0. The Balaban J connectivity index is 2.51. The normalized spacial score (nSPS) is 21.6. The van der Waals surface area contributed by atoms with Crippen LogP contribution in [0, 0.1) is 5.82 Å². The summed E-state index contributed by atoms with van der Waals surface area (Å²) in [6.45, 7) is 2.13. The summed E-state index contributed by atoms with van der Waals surface area (Å²) in [6, 6.07) is 5.05. The molecule has 0 saturated carbocycles. The van der Waals surface area contributed by atoms with E-state index in [-0.39, 0.29) is 5.82 Å². The van der Waals surface area contributed by atoms with Crippen molar-refractivity contribution in [1.29, 1.82) is 0 Å². The molecule has 0 unspecified atom stereocenters. The smallest absolute Gasteiger partial charge is 0.123 e. The van der Waals surface area contributed by atoms with Gasteiger partial charge >= 0.3 is 0 Å². The molecule has 0 heterocycles. The molecule has 0 aromatic heterocycles. The molecule has 0 N–H and O–H groups in total. The predicted octanol–water partition coefficient (Wildman–Crippen LogP) is 2.49.